The molecule has 2 heterocycles. The number of halogens is 3. The van der Waals surface area contributed by atoms with E-state index < -0.39 is 17.7 Å². The first-order valence-electron chi connectivity index (χ1n) is 11.1. The molecule has 0 aromatic heterocycles. The van der Waals surface area contributed by atoms with E-state index in [2.05, 4.69) is 15.6 Å². The number of nitriles is 1. The van der Waals surface area contributed by atoms with Crippen LogP contribution in [0.3, 0.4) is 0 Å². The minimum Gasteiger partial charge on any atom is -0.398 e. The molecular formula is C23H32F3N5O. The number of aliphatic imine (C=N–C) groups is 1. The molecule has 0 aromatic carbocycles. The van der Waals surface area contributed by atoms with Crippen molar-refractivity contribution in [3.8, 4) is 6.07 Å². The molecule has 2 aliphatic heterocycles. The second-order valence-corrected chi connectivity index (χ2v) is 8.98. The van der Waals surface area contributed by atoms with E-state index in [0.717, 1.165) is 39.3 Å². The molecule has 0 radical (unpaired) electrons. The van der Waals surface area contributed by atoms with Gasteiger partial charge in [0.15, 0.2) is 5.70 Å². The van der Waals surface area contributed by atoms with Gasteiger partial charge in [0, 0.05) is 12.5 Å². The predicted molar refractivity (Wildman–Crippen MR) is 118 cm³/mol. The Bertz CT molecular complexity index is 864. The molecule has 3 aliphatic rings. The second-order valence-electron chi connectivity index (χ2n) is 8.98. The number of allylic oxidation sites excluding steroid dienone is 3. The van der Waals surface area contributed by atoms with Crippen molar-refractivity contribution < 1.29 is 17.9 Å². The van der Waals surface area contributed by atoms with E-state index in [-0.39, 0.29) is 24.3 Å². The molecule has 0 bridgehead atoms. The summed E-state index contributed by atoms with van der Waals surface area (Å²) in [5.74, 6) is 0.174. The largest absolute Gasteiger partial charge is 0.400 e. The average molecular weight is 452 g/mol. The van der Waals surface area contributed by atoms with E-state index >= 15 is 0 Å². The van der Waals surface area contributed by atoms with Gasteiger partial charge in [-0.25, -0.2) is 4.99 Å². The summed E-state index contributed by atoms with van der Waals surface area (Å²) in [4.78, 5) is 4.32. The Morgan fingerprint density at radius 1 is 1.38 bits per heavy atom. The molecule has 1 aliphatic carbocycles. The van der Waals surface area contributed by atoms with Gasteiger partial charge in [-0.05, 0) is 57.8 Å². The number of piperidine rings is 1. The molecule has 32 heavy (non-hydrogen) atoms. The van der Waals surface area contributed by atoms with Gasteiger partial charge in [0.05, 0.1) is 23.6 Å². The summed E-state index contributed by atoms with van der Waals surface area (Å²) in [7, 11) is 1.70. The minimum atomic E-state index is -4.52. The maximum atomic E-state index is 14.2. The summed E-state index contributed by atoms with van der Waals surface area (Å²) in [6.07, 6.45) is 1.45. The molecule has 9 heteroatoms. The lowest BCUT2D eigenvalue weighted by molar-refractivity contribution is -0.229. The lowest BCUT2D eigenvalue weighted by Gasteiger charge is -2.39. The Balaban J connectivity index is 1.84. The summed E-state index contributed by atoms with van der Waals surface area (Å²) >= 11 is 0. The number of nitrogens with one attached hydrogen (secondary N) is 2. The van der Waals surface area contributed by atoms with Crippen molar-refractivity contribution in [1.82, 2.24) is 10.6 Å². The van der Waals surface area contributed by atoms with Crippen LogP contribution >= 0.6 is 0 Å². The molecule has 0 aromatic rings. The third-order valence-corrected chi connectivity index (χ3v) is 6.87. The zero-order valence-electron chi connectivity index (χ0n) is 18.8. The Hall–Kier alpha value is -2.15. The number of nitrogens with zero attached hydrogens (tertiary/aromatic N) is 2. The highest BCUT2D eigenvalue weighted by molar-refractivity contribution is 6.06. The van der Waals surface area contributed by atoms with Crippen molar-refractivity contribution in [3.63, 3.8) is 0 Å². The van der Waals surface area contributed by atoms with Crippen molar-refractivity contribution in [2.45, 2.75) is 51.4 Å². The predicted octanol–water partition coefficient (Wildman–Crippen LogP) is 3.20. The first-order chi connectivity index (χ1) is 15.1. The maximum absolute atomic E-state index is 14.2. The Morgan fingerprint density at radius 3 is 2.66 bits per heavy atom. The number of alkyl halides is 3. The fraction of sp³-hybridized carbons (Fsp3) is 0.652. The van der Waals surface area contributed by atoms with Crippen LogP contribution in [0.1, 0.15) is 33.1 Å². The van der Waals surface area contributed by atoms with Crippen LogP contribution in [0.2, 0.25) is 0 Å². The molecule has 1 fully saturated rings. The Kier molecular flexibility index (Phi) is 7.48. The second kappa shape index (κ2) is 9.77. The number of rotatable bonds is 6. The summed E-state index contributed by atoms with van der Waals surface area (Å²) in [5, 5.41) is 15.7. The standard InChI is InChI=1S/C23H32F3N5O/c1-14-20(31-17(13-27)19(28)21(14)29-3)16-4-5-18(22(2,12-16)23(24,25)26)32-11-8-15-6-9-30-10-7-15/h4-5,12,14-15,18,21,29-30H,6-11,28H2,1-3H3. The molecule has 3 rings (SSSR count). The molecule has 0 spiro atoms. The third-order valence-electron chi connectivity index (χ3n) is 6.87. The molecule has 4 unspecified atom stereocenters. The Morgan fingerprint density at radius 2 is 2.06 bits per heavy atom. The van der Waals surface area contributed by atoms with Gasteiger partial charge >= 0.3 is 6.18 Å². The number of ether oxygens (including phenoxy) is 1. The minimum absolute atomic E-state index is 0.0285. The highest BCUT2D eigenvalue weighted by Crippen LogP contribution is 2.47. The van der Waals surface area contributed by atoms with Crippen LogP contribution in [0.15, 0.2) is 40.2 Å². The zero-order valence-corrected chi connectivity index (χ0v) is 18.8. The lowest BCUT2D eigenvalue weighted by Crippen LogP contribution is -2.48. The van der Waals surface area contributed by atoms with Gasteiger partial charge in [-0.3, -0.25) is 0 Å². The van der Waals surface area contributed by atoms with Crippen molar-refractivity contribution in [2.75, 3.05) is 26.7 Å². The van der Waals surface area contributed by atoms with Gasteiger partial charge < -0.3 is 21.1 Å². The van der Waals surface area contributed by atoms with Crippen LogP contribution in [-0.4, -0.2) is 50.8 Å². The number of hydrogen-bond acceptors (Lipinski definition) is 6. The van der Waals surface area contributed by atoms with E-state index in [4.69, 9.17) is 10.5 Å². The van der Waals surface area contributed by atoms with Gasteiger partial charge in [-0.2, -0.15) is 18.4 Å². The van der Waals surface area contributed by atoms with Gasteiger partial charge in [-0.15, -0.1) is 0 Å². The van der Waals surface area contributed by atoms with Crippen LogP contribution < -0.4 is 16.4 Å². The number of likely N-dealkylation sites (N-methyl/N-ethyl adjacent to an activating group) is 1. The first-order valence-corrected chi connectivity index (χ1v) is 11.1. The fourth-order valence-corrected chi connectivity index (χ4v) is 4.69. The monoisotopic (exact) mass is 451 g/mol. The van der Waals surface area contributed by atoms with E-state index in [9.17, 15) is 18.4 Å². The van der Waals surface area contributed by atoms with E-state index in [0.29, 0.717) is 22.9 Å². The molecule has 0 saturated carbocycles. The highest BCUT2D eigenvalue weighted by Gasteiger charge is 2.56. The highest BCUT2D eigenvalue weighted by atomic mass is 19.4. The summed E-state index contributed by atoms with van der Waals surface area (Å²) < 4.78 is 48.5. The third kappa shape index (κ3) is 4.77. The van der Waals surface area contributed by atoms with E-state index in [1.807, 2.05) is 13.0 Å². The quantitative estimate of drug-likeness (QED) is 0.577. The molecule has 4 N–H and O–H groups in total. The van der Waals surface area contributed by atoms with Gasteiger partial charge in [0.25, 0.3) is 0 Å². The van der Waals surface area contributed by atoms with Crippen LogP contribution in [0.25, 0.3) is 0 Å². The van der Waals surface area contributed by atoms with Gasteiger partial charge in [0.1, 0.15) is 11.5 Å². The lowest BCUT2D eigenvalue weighted by atomic mass is 9.75. The molecular weight excluding hydrogens is 419 g/mol. The van der Waals surface area contributed by atoms with Crippen molar-refractivity contribution in [2.24, 2.45) is 28.0 Å². The fourth-order valence-electron chi connectivity index (χ4n) is 4.69. The SMILES string of the molecule is CNC1C(N)=C(C#N)N=C(C2=CC(C)(C(F)(F)F)C(OCCC3CCNCC3)C=C2)C1C. The topological polar surface area (TPSA) is 95.5 Å². The van der Waals surface area contributed by atoms with Crippen LogP contribution in [0.5, 0.6) is 0 Å². The molecule has 176 valence electrons. The molecule has 1 saturated heterocycles. The Labute approximate surface area is 187 Å². The zero-order chi connectivity index (χ0) is 23.5. The van der Waals surface area contributed by atoms with Crippen molar-refractivity contribution in [3.05, 3.63) is 35.2 Å². The van der Waals surface area contributed by atoms with Crippen LogP contribution in [0.4, 0.5) is 13.2 Å². The van der Waals surface area contributed by atoms with Crippen molar-refractivity contribution >= 4 is 5.71 Å². The summed E-state index contributed by atoms with van der Waals surface area (Å²) in [6, 6.07) is 1.56. The van der Waals surface area contributed by atoms with E-state index in [1.165, 1.54) is 12.2 Å². The number of hydrogen-bond donors (Lipinski definition) is 3. The normalized spacial score (nSPS) is 31.8. The van der Waals surface area contributed by atoms with Crippen molar-refractivity contribution in [1.29, 1.82) is 5.26 Å². The molecule has 4 atom stereocenters. The summed E-state index contributed by atoms with van der Waals surface area (Å²) in [5.41, 5.74) is 4.91. The first kappa shape index (κ1) is 24.5. The average Bonchev–Trinajstić information content (AvgIpc) is 2.75. The smallest absolute Gasteiger partial charge is 0.398 e. The van der Waals surface area contributed by atoms with Gasteiger partial charge in [-0.1, -0.05) is 25.2 Å². The van der Waals surface area contributed by atoms with Gasteiger partial charge in [0.2, 0.25) is 0 Å². The summed E-state index contributed by atoms with van der Waals surface area (Å²) in [6.45, 7) is 5.16. The van der Waals surface area contributed by atoms with Crippen LogP contribution in [-0.2, 0) is 4.74 Å². The number of nitrogens with two attached hydrogens (primary N) is 1. The van der Waals surface area contributed by atoms with E-state index in [1.54, 1.807) is 13.1 Å². The van der Waals surface area contributed by atoms with Crippen LogP contribution in [0, 0.1) is 28.6 Å². The molecule has 6 nitrogen and oxygen atoms in total. The maximum Gasteiger partial charge on any atom is 0.400 e. The molecule has 0 amide bonds.